The lowest BCUT2D eigenvalue weighted by atomic mass is 10.2. The summed E-state index contributed by atoms with van der Waals surface area (Å²) < 4.78 is 10.5. The van der Waals surface area contributed by atoms with Crippen molar-refractivity contribution in [3.8, 4) is 0 Å². The van der Waals surface area contributed by atoms with Crippen LogP contribution in [0.15, 0.2) is 0 Å². The summed E-state index contributed by atoms with van der Waals surface area (Å²) >= 11 is 0. The molecule has 1 rings (SSSR count). The minimum absolute atomic E-state index is 0.0725. The zero-order valence-electron chi connectivity index (χ0n) is 12.4. The maximum atomic E-state index is 12.2. The van der Waals surface area contributed by atoms with E-state index < -0.39 is 17.7 Å². The predicted octanol–water partition coefficient (Wildman–Crippen LogP) is 1.10. The van der Waals surface area contributed by atoms with E-state index in [1.54, 1.807) is 39.6 Å². The molecule has 6 nitrogen and oxygen atoms in total. The van der Waals surface area contributed by atoms with E-state index in [2.05, 4.69) is 0 Å². The van der Waals surface area contributed by atoms with E-state index in [1.807, 2.05) is 0 Å². The Morgan fingerprint density at radius 1 is 1.26 bits per heavy atom. The van der Waals surface area contributed by atoms with Gasteiger partial charge in [-0.3, -0.25) is 9.69 Å². The quantitative estimate of drug-likeness (QED) is 0.755. The summed E-state index contributed by atoms with van der Waals surface area (Å²) in [5, 5.41) is 0. The summed E-state index contributed by atoms with van der Waals surface area (Å²) in [6.45, 7) is 9.36. The molecule has 0 aliphatic carbocycles. The molecular weight excluding hydrogens is 248 g/mol. The van der Waals surface area contributed by atoms with Crippen molar-refractivity contribution in [3.05, 3.63) is 0 Å². The Labute approximate surface area is 114 Å². The van der Waals surface area contributed by atoms with Crippen LogP contribution in [0.25, 0.3) is 0 Å². The van der Waals surface area contributed by atoms with Crippen LogP contribution in [0, 0.1) is 0 Å². The average Bonchev–Trinajstić information content (AvgIpc) is 2.35. The lowest BCUT2D eigenvalue weighted by molar-refractivity contribution is -0.139. The summed E-state index contributed by atoms with van der Waals surface area (Å²) in [6, 6.07) is -0.534. The number of carbonyl (C=O) groups is 2. The molecule has 1 aliphatic rings. The Bertz CT molecular complexity index is 332. The van der Waals surface area contributed by atoms with Crippen molar-refractivity contribution in [3.63, 3.8) is 0 Å². The number of morpholine rings is 1. The molecule has 110 valence electrons. The molecule has 19 heavy (non-hydrogen) atoms. The van der Waals surface area contributed by atoms with Crippen LogP contribution in [0.5, 0.6) is 0 Å². The number of hydrogen-bond donors (Lipinski definition) is 0. The Balaban J connectivity index is 2.57. The summed E-state index contributed by atoms with van der Waals surface area (Å²) in [6.07, 6.45) is -0.485. The first-order valence-electron chi connectivity index (χ1n) is 6.54. The number of rotatable bonds is 2. The first-order chi connectivity index (χ1) is 8.72. The van der Waals surface area contributed by atoms with Crippen molar-refractivity contribution >= 4 is 12.0 Å². The molecule has 0 bridgehead atoms. The molecule has 0 aromatic heterocycles. The number of carbonyl (C=O) groups excluding carboxylic acids is 2. The molecule has 1 atom stereocenters. The molecule has 2 amide bonds. The molecule has 1 aliphatic heterocycles. The van der Waals surface area contributed by atoms with Gasteiger partial charge in [0.25, 0.3) is 0 Å². The molecule has 0 spiro atoms. The zero-order chi connectivity index (χ0) is 14.6. The van der Waals surface area contributed by atoms with Crippen LogP contribution in [0.2, 0.25) is 0 Å². The standard InChI is InChI=1S/C13H24N2O4/c1-10(11(16)15-6-8-18-9-7-15)14(5)12(17)19-13(2,3)4/h10H,6-9H2,1-5H3. The van der Waals surface area contributed by atoms with Gasteiger partial charge in [0.05, 0.1) is 13.2 Å². The monoisotopic (exact) mass is 272 g/mol. The zero-order valence-corrected chi connectivity index (χ0v) is 12.4. The fraction of sp³-hybridized carbons (Fsp3) is 0.846. The smallest absolute Gasteiger partial charge is 0.410 e. The van der Waals surface area contributed by atoms with Gasteiger partial charge in [0, 0.05) is 20.1 Å². The van der Waals surface area contributed by atoms with Crippen molar-refractivity contribution in [1.29, 1.82) is 0 Å². The Morgan fingerprint density at radius 2 is 1.79 bits per heavy atom. The van der Waals surface area contributed by atoms with E-state index >= 15 is 0 Å². The minimum atomic E-state index is -0.562. The van der Waals surface area contributed by atoms with E-state index in [4.69, 9.17) is 9.47 Å². The maximum absolute atomic E-state index is 12.2. The number of likely N-dealkylation sites (N-methyl/N-ethyl adjacent to an activating group) is 1. The highest BCUT2D eigenvalue weighted by Crippen LogP contribution is 2.12. The van der Waals surface area contributed by atoms with Gasteiger partial charge in [-0.25, -0.2) is 4.79 Å². The molecule has 0 aromatic carbocycles. The van der Waals surface area contributed by atoms with Crippen molar-refractivity contribution in [2.75, 3.05) is 33.4 Å². The molecule has 1 saturated heterocycles. The number of hydrogen-bond acceptors (Lipinski definition) is 4. The van der Waals surface area contributed by atoms with E-state index in [0.29, 0.717) is 26.3 Å². The van der Waals surface area contributed by atoms with Gasteiger partial charge < -0.3 is 14.4 Å². The fourth-order valence-corrected chi connectivity index (χ4v) is 1.71. The van der Waals surface area contributed by atoms with Gasteiger partial charge in [0.15, 0.2) is 0 Å². The molecule has 1 fully saturated rings. The van der Waals surface area contributed by atoms with Gasteiger partial charge in [-0.05, 0) is 27.7 Å². The topological polar surface area (TPSA) is 59.1 Å². The number of nitrogens with zero attached hydrogens (tertiary/aromatic N) is 2. The minimum Gasteiger partial charge on any atom is -0.444 e. The third kappa shape index (κ3) is 4.70. The van der Waals surface area contributed by atoms with E-state index in [-0.39, 0.29) is 5.91 Å². The number of amides is 2. The van der Waals surface area contributed by atoms with Crippen molar-refractivity contribution < 1.29 is 19.1 Å². The van der Waals surface area contributed by atoms with Crippen molar-refractivity contribution in [2.24, 2.45) is 0 Å². The number of ether oxygens (including phenoxy) is 2. The fourth-order valence-electron chi connectivity index (χ4n) is 1.71. The van der Waals surface area contributed by atoms with Crippen LogP contribution < -0.4 is 0 Å². The summed E-state index contributed by atoms with van der Waals surface area (Å²) in [7, 11) is 1.58. The SMILES string of the molecule is CC(C(=O)N1CCOCC1)N(C)C(=O)OC(C)(C)C. The van der Waals surface area contributed by atoms with Crippen LogP contribution >= 0.6 is 0 Å². The van der Waals surface area contributed by atoms with Crippen LogP contribution in [-0.4, -0.2) is 66.8 Å². The molecule has 0 aromatic rings. The van der Waals surface area contributed by atoms with Crippen LogP contribution in [0.1, 0.15) is 27.7 Å². The molecule has 6 heteroatoms. The van der Waals surface area contributed by atoms with Crippen molar-refractivity contribution in [1.82, 2.24) is 9.80 Å². The summed E-state index contributed by atoms with van der Waals surface area (Å²) in [5.74, 6) is -0.0725. The van der Waals surface area contributed by atoms with E-state index in [9.17, 15) is 9.59 Å². The molecule has 1 unspecified atom stereocenters. The molecule has 1 heterocycles. The Morgan fingerprint density at radius 3 is 2.26 bits per heavy atom. The molecule has 0 saturated carbocycles. The van der Waals surface area contributed by atoms with E-state index in [1.165, 1.54) is 4.90 Å². The maximum Gasteiger partial charge on any atom is 0.410 e. The largest absolute Gasteiger partial charge is 0.444 e. The van der Waals surface area contributed by atoms with Crippen molar-refractivity contribution in [2.45, 2.75) is 39.3 Å². The summed E-state index contributed by atoms with van der Waals surface area (Å²) in [5.41, 5.74) is -0.562. The molecular formula is C13H24N2O4. The second kappa shape index (κ2) is 6.23. The predicted molar refractivity (Wildman–Crippen MR) is 70.9 cm³/mol. The first-order valence-corrected chi connectivity index (χ1v) is 6.54. The van der Waals surface area contributed by atoms with Gasteiger partial charge in [-0.2, -0.15) is 0 Å². The van der Waals surface area contributed by atoms with Gasteiger partial charge in [0.2, 0.25) is 5.91 Å². The lowest BCUT2D eigenvalue weighted by Gasteiger charge is -2.33. The normalized spacial score (nSPS) is 17.8. The Hall–Kier alpha value is -1.30. The lowest BCUT2D eigenvalue weighted by Crippen LogP contribution is -2.51. The van der Waals surface area contributed by atoms with Crippen LogP contribution in [0.3, 0.4) is 0 Å². The average molecular weight is 272 g/mol. The third-order valence-electron chi connectivity index (χ3n) is 2.94. The highest BCUT2D eigenvalue weighted by Gasteiger charge is 2.30. The summed E-state index contributed by atoms with van der Waals surface area (Å²) in [4.78, 5) is 27.2. The Kier molecular flexibility index (Phi) is 5.17. The highest BCUT2D eigenvalue weighted by molar-refractivity contribution is 5.85. The van der Waals surface area contributed by atoms with Crippen LogP contribution in [0.4, 0.5) is 4.79 Å². The van der Waals surface area contributed by atoms with E-state index in [0.717, 1.165) is 0 Å². The van der Waals surface area contributed by atoms with Gasteiger partial charge in [-0.15, -0.1) is 0 Å². The van der Waals surface area contributed by atoms with Gasteiger partial charge in [0.1, 0.15) is 11.6 Å². The van der Waals surface area contributed by atoms with Gasteiger partial charge in [-0.1, -0.05) is 0 Å². The third-order valence-corrected chi connectivity index (χ3v) is 2.94. The molecule has 0 radical (unpaired) electrons. The second-order valence-corrected chi connectivity index (χ2v) is 5.70. The second-order valence-electron chi connectivity index (χ2n) is 5.70. The highest BCUT2D eigenvalue weighted by atomic mass is 16.6. The molecule has 0 N–H and O–H groups in total. The first kappa shape index (κ1) is 15.8. The van der Waals surface area contributed by atoms with Gasteiger partial charge >= 0.3 is 6.09 Å². The van der Waals surface area contributed by atoms with Crippen LogP contribution in [-0.2, 0) is 14.3 Å².